The molecule has 2 aromatic rings. The highest BCUT2D eigenvalue weighted by atomic mass is 16.6. The summed E-state index contributed by atoms with van der Waals surface area (Å²) < 4.78 is 7.24. The SMILES string of the molecule is CC(C)(C)OC(=O)NCc1cn2cc(C3CC3)cc(CCO)c2n1. The van der Waals surface area contributed by atoms with Crippen molar-refractivity contribution in [1.29, 1.82) is 0 Å². The average Bonchev–Trinajstić information content (AvgIpc) is 3.24. The average molecular weight is 331 g/mol. The Morgan fingerprint density at radius 3 is 2.79 bits per heavy atom. The van der Waals surface area contributed by atoms with Crippen molar-refractivity contribution >= 4 is 11.7 Å². The molecule has 1 aliphatic rings. The van der Waals surface area contributed by atoms with Gasteiger partial charge in [-0.1, -0.05) is 6.07 Å². The predicted molar refractivity (Wildman–Crippen MR) is 91.0 cm³/mol. The third-order valence-corrected chi connectivity index (χ3v) is 3.94. The maximum atomic E-state index is 11.8. The van der Waals surface area contributed by atoms with Crippen LogP contribution in [0.5, 0.6) is 0 Å². The van der Waals surface area contributed by atoms with Crippen LogP contribution >= 0.6 is 0 Å². The molecule has 1 amide bonds. The van der Waals surface area contributed by atoms with E-state index in [0.29, 0.717) is 18.9 Å². The monoisotopic (exact) mass is 331 g/mol. The number of imidazole rings is 1. The van der Waals surface area contributed by atoms with E-state index in [4.69, 9.17) is 4.74 Å². The molecule has 24 heavy (non-hydrogen) atoms. The first kappa shape index (κ1) is 16.8. The molecule has 1 aliphatic carbocycles. The van der Waals surface area contributed by atoms with Gasteiger partial charge < -0.3 is 19.6 Å². The Hall–Kier alpha value is -2.08. The molecule has 1 saturated carbocycles. The summed E-state index contributed by atoms with van der Waals surface area (Å²) in [6.07, 6.45) is 6.63. The van der Waals surface area contributed by atoms with Gasteiger partial charge in [0, 0.05) is 19.0 Å². The molecule has 130 valence electrons. The fourth-order valence-corrected chi connectivity index (χ4v) is 2.75. The van der Waals surface area contributed by atoms with E-state index < -0.39 is 11.7 Å². The lowest BCUT2D eigenvalue weighted by Gasteiger charge is -2.19. The highest BCUT2D eigenvalue weighted by Crippen LogP contribution is 2.40. The number of aromatic nitrogens is 2. The van der Waals surface area contributed by atoms with E-state index in [-0.39, 0.29) is 6.61 Å². The zero-order chi connectivity index (χ0) is 17.3. The molecule has 0 atom stereocenters. The number of nitrogens with one attached hydrogen (secondary N) is 1. The van der Waals surface area contributed by atoms with Gasteiger partial charge in [-0.15, -0.1) is 0 Å². The number of alkyl carbamates (subject to hydrolysis) is 1. The fraction of sp³-hybridized carbons (Fsp3) is 0.556. The molecule has 0 radical (unpaired) electrons. The molecule has 0 aliphatic heterocycles. The quantitative estimate of drug-likeness (QED) is 0.883. The van der Waals surface area contributed by atoms with Crippen LogP contribution in [0.15, 0.2) is 18.5 Å². The van der Waals surface area contributed by atoms with Crippen LogP contribution in [-0.2, 0) is 17.7 Å². The number of amides is 1. The minimum atomic E-state index is -0.517. The molecule has 0 spiro atoms. The smallest absolute Gasteiger partial charge is 0.407 e. The number of fused-ring (bicyclic) bond motifs is 1. The van der Waals surface area contributed by atoms with E-state index in [1.807, 2.05) is 31.4 Å². The van der Waals surface area contributed by atoms with Crippen LogP contribution in [0.3, 0.4) is 0 Å². The van der Waals surface area contributed by atoms with Crippen LogP contribution < -0.4 is 5.32 Å². The minimum absolute atomic E-state index is 0.0993. The van der Waals surface area contributed by atoms with Crippen molar-refractivity contribution in [3.63, 3.8) is 0 Å². The topological polar surface area (TPSA) is 75.9 Å². The zero-order valence-corrected chi connectivity index (χ0v) is 14.5. The summed E-state index contributed by atoms with van der Waals surface area (Å²) in [5, 5.41) is 12.0. The summed E-state index contributed by atoms with van der Waals surface area (Å²) in [6.45, 7) is 5.91. The lowest BCUT2D eigenvalue weighted by Crippen LogP contribution is -2.32. The van der Waals surface area contributed by atoms with Gasteiger partial charge in [0.2, 0.25) is 0 Å². The molecule has 3 rings (SSSR count). The van der Waals surface area contributed by atoms with E-state index >= 15 is 0 Å². The van der Waals surface area contributed by atoms with Gasteiger partial charge in [-0.2, -0.15) is 0 Å². The second-order valence-electron chi connectivity index (χ2n) is 7.37. The summed E-state index contributed by atoms with van der Waals surface area (Å²) in [6, 6.07) is 2.15. The predicted octanol–water partition coefficient (Wildman–Crippen LogP) is 2.77. The van der Waals surface area contributed by atoms with Crippen molar-refractivity contribution in [2.24, 2.45) is 0 Å². The number of carbonyl (C=O) groups excluding carboxylic acids is 1. The minimum Gasteiger partial charge on any atom is -0.444 e. The Labute approximate surface area is 141 Å². The maximum absolute atomic E-state index is 11.8. The van der Waals surface area contributed by atoms with Crippen molar-refractivity contribution in [3.8, 4) is 0 Å². The highest BCUT2D eigenvalue weighted by molar-refractivity contribution is 5.67. The Balaban J connectivity index is 1.77. The van der Waals surface area contributed by atoms with Crippen molar-refractivity contribution in [3.05, 3.63) is 35.3 Å². The number of carbonyl (C=O) groups is 1. The molecule has 2 N–H and O–H groups in total. The maximum Gasteiger partial charge on any atom is 0.407 e. The van der Waals surface area contributed by atoms with E-state index in [1.165, 1.54) is 18.4 Å². The normalized spacial score (nSPS) is 14.8. The van der Waals surface area contributed by atoms with Gasteiger partial charge in [0.1, 0.15) is 11.2 Å². The number of hydrogen-bond acceptors (Lipinski definition) is 4. The Kier molecular flexibility index (Phi) is 4.49. The summed E-state index contributed by atoms with van der Waals surface area (Å²) in [7, 11) is 0. The van der Waals surface area contributed by atoms with Crippen LogP contribution in [0.1, 0.15) is 56.4 Å². The Morgan fingerprint density at radius 2 is 2.17 bits per heavy atom. The first-order valence-corrected chi connectivity index (χ1v) is 8.44. The van der Waals surface area contributed by atoms with E-state index in [0.717, 1.165) is 16.9 Å². The third kappa shape index (κ3) is 4.06. The largest absolute Gasteiger partial charge is 0.444 e. The van der Waals surface area contributed by atoms with E-state index in [9.17, 15) is 9.90 Å². The van der Waals surface area contributed by atoms with Gasteiger partial charge in [-0.3, -0.25) is 0 Å². The summed E-state index contributed by atoms with van der Waals surface area (Å²) in [4.78, 5) is 16.4. The van der Waals surface area contributed by atoms with Crippen LogP contribution in [0.4, 0.5) is 4.79 Å². The molecule has 2 heterocycles. The Bertz CT molecular complexity index is 742. The van der Waals surface area contributed by atoms with Crippen LogP contribution in [0.2, 0.25) is 0 Å². The van der Waals surface area contributed by atoms with Gasteiger partial charge in [-0.05, 0) is 57.1 Å². The van der Waals surface area contributed by atoms with Gasteiger partial charge >= 0.3 is 6.09 Å². The van der Waals surface area contributed by atoms with Crippen LogP contribution in [0.25, 0.3) is 5.65 Å². The highest BCUT2D eigenvalue weighted by Gasteiger charge is 2.25. The second-order valence-corrected chi connectivity index (χ2v) is 7.37. The molecular formula is C18H25N3O3. The first-order chi connectivity index (χ1) is 11.4. The summed E-state index contributed by atoms with van der Waals surface area (Å²) in [5.74, 6) is 0.637. The number of nitrogens with zero attached hydrogens (tertiary/aromatic N) is 2. The molecule has 0 aromatic carbocycles. The van der Waals surface area contributed by atoms with Crippen molar-refractivity contribution in [2.45, 2.75) is 58.1 Å². The van der Waals surface area contributed by atoms with Crippen LogP contribution in [0, 0.1) is 0 Å². The van der Waals surface area contributed by atoms with Crippen LogP contribution in [-0.4, -0.2) is 32.8 Å². The molecule has 6 nitrogen and oxygen atoms in total. The van der Waals surface area contributed by atoms with E-state index in [2.05, 4.69) is 22.6 Å². The molecule has 0 unspecified atom stereocenters. The lowest BCUT2D eigenvalue weighted by atomic mass is 10.1. The third-order valence-electron chi connectivity index (χ3n) is 3.94. The molecular weight excluding hydrogens is 306 g/mol. The second kappa shape index (κ2) is 6.43. The van der Waals surface area contributed by atoms with Crippen molar-refractivity contribution in [2.75, 3.05) is 6.61 Å². The number of rotatable bonds is 5. The molecule has 0 bridgehead atoms. The molecule has 2 aromatic heterocycles. The number of aliphatic hydroxyl groups is 1. The number of ether oxygens (including phenoxy) is 1. The molecule has 1 fully saturated rings. The van der Waals surface area contributed by atoms with E-state index in [1.54, 1.807) is 0 Å². The summed E-state index contributed by atoms with van der Waals surface area (Å²) in [5.41, 5.74) is 3.44. The van der Waals surface area contributed by atoms with Gasteiger partial charge in [0.25, 0.3) is 0 Å². The van der Waals surface area contributed by atoms with Gasteiger partial charge in [0.05, 0.1) is 12.2 Å². The first-order valence-electron chi connectivity index (χ1n) is 8.44. The van der Waals surface area contributed by atoms with Gasteiger partial charge in [-0.25, -0.2) is 9.78 Å². The van der Waals surface area contributed by atoms with Gasteiger partial charge in [0.15, 0.2) is 0 Å². The zero-order valence-electron chi connectivity index (χ0n) is 14.5. The molecule has 0 saturated heterocycles. The lowest BCUT2D eigenvalue weighted by molar-refractivity contribution is 0.0523. The van der Waals surface area contributed by atoms with Crippen molar-refractivity contribution in [1.82, 2.24) is 14.7 Å². The standard InChI is InChI=1S/C18H25N3O3/c1-18(2,3)24-17(23)19-9-15-11-21-10-14(12-4-5-12)8-13(6-7-22)16(21)20-15/h8,10-12,22H,4-7,9H2,1-3H3,(H,19,23). The Morgan fingerprint density at radius 1 is 1.42 bits per heavy atom. The van der Waals surface area contributed by atoms with Crippen molar-refractivity contribution < 1.29 is 14.6 Å². The fourth-order valence-electron chi connectivity index (χ4n) is 2.75. The number of aliphatic hydroxyl groups excluding tert-OH is 1. The number of pyridine rings is 1. The molecule has 6 heteroatoms. The summed E-state index contributed by atoms with van der Waals surface area (Å²) >= 11 is 0. The number of hydrogen-bond donors (Lipinski definition) is 2.